The van der Waals surface area contributed by atoms with Gasteiger partial charge in [-0.2, -0.15) is 0 Å². The highest BCUT2D eigenvalue weighted by Crippen LogP contribution is 2.27. The third-order valence-electron chi connectivity index (χ3n) is 3.18. The van der Waals surface area contributed by atoms with Crippen LogP contribution in [0, 0.1) is 5.82 Å². The summed E-state index contributed by atoms with van der Waals surface area (Å²) in [5, 5.41) is 8.84. The number of carbonyl (C=O) groups excluding carboxylic acids is 1. The average Bonchev–Trinajstić information content (AvgIpc) is 3.05. The number of methoxy groups -OCH3 is 1. The summed E-state index contributed by atoms with van der Waals surface area (Å²) >= 11 is 1.19. The Hall–Kier alpha value is -2.74. The van der Waals surface area contributed by atoms with Crippen LogP contribution in [-0.4, -0.2) is 38.6 Å². The lowest BCUT2D eigenvalue weighted by Gasteiger charge is -2.10. The molecule has 0 saturated carbocycles. The Kier molecular flexibility index (Phi) is 4.85. The van der Waals surface area contributed by atoms with Gasteiger partial charge in [0.05, 0.1) is 12.9 Å². The minimum Gasteiger partial charge on any atom is -0.468 e. The fourth-order valence-electron chi connectivity index (χ4n) is 2.05. The molecule has 0 unspecified atom stereocenters. The van der Waals surface area contributed by atoms with Crippen molar-refractivity contribution in [2.45, 2.75) is 5.16 Å². The lowest BCUT2D eigenvalue weighted by atomic mass is 10.2. The molecule has 6 nitrogen and oxygen atoms in total. The molecule has 0 fully saturated rings. The number of benzene rings is 1. The van der Waals surface area contributed by atoms with Gasteiger partial charge >= 0.3 is 5.97 Å². The molecule has 122 valence electrons. The first-order chi connectivity index (χ1) is 11.7. The van der Waals surface area contributed by atoms with Gasteiger partial charge in [0.1, 0.15) is 5.82 Å². The minimum absolute atomic E-state index is 0.100. The van der Waals surface area contributed by atoms with Crippen molar-refractivity contribution in [2.75, 3.05) is 12.9 Å². The molecule has 2 aromatic heterocycles. The summed E-state index contributed by atoms with van der Waals surface area (Å²) in [6, 6.07) is 9.61. The molecule has 0 aliphatic rings. The molecule has 3 aromatic rings. The zero-order valence-corrected chi connectivity index (χ0v) is 13.5. The Morgan fingerprint density at radius 1 is 1.25 bits per heavy atom. The largest absolute Gasteiger partial charge is 0.468 e. The molecule has 1 aromatic carbocycles. The van der Waals surface area contributed by atoms with E-state index >= 15 is 0 Å². The minimum atomic E-state index is -0.364. The topological polar surface area (TPSA) is 69.9 Å². The zero-order chi connectivity index (χ0) is 16.9. The van der Waals surface area contributed by atoms with Crippen LogP contribution in [0.2, 0.25) is 0 Å². The molecule has 0 saturated heterocycles. The van der Waals surface area contributed by atoms with Crippen molar-refractivity contribution in [1.82, 2.24) is 19.7 Å². The summed E-state index contributed by atoms with van der Waals surface area (Å²) in [7, 11) is 1.33. The monoisotopic (exact) mass is 344 g/mol. The van der Waals surface area contributed by atoms with Gasteiger partial charge in [0.2, 0.25) is 0 Å². The van der Waals surface area contributed by atoms with Crippen molar-refractivity contribution >= 4 is 17.7 Å². The van der Waals surface area contributed by atoms with E-state index in [2.05, 4.69) is 19.9 Å². The van der Waals surface area contributed by atoms with Gasteiger partial charge in [-0.25, -0.2) is 4.39 Å². The van der Waals surface area contributed by atoms with Crippen LogP contribution in [0.4, 0.5) is 4.39 Å². The fourth-order valence-corrected chi connectivity index (χ4v) is 2.84. The highest BCUT2D eigenvalue weighted by atomic mass is 32.2. The Bertz CT molecular complexity index is 837. The van der Waals surface area contributed by atoms with Crippen molar-refractivity contribution in [3.8, 4) is 17.1 Å². The fraction of sp³-hybridized carbons (Fsp3) is 0.125. The maximum absolute atomic E-state index is 13.2. The normalized spacial score (nSPS) is 10.6. The van der Waals surface area contributed by atoms with Gasteiger partial charge in [-0.1, -0.05) is 11.8 Å². The number of hydrogen-bond donors (Lipinski definition) is 0. The summed E-state index contributed by atoms with van der Waals surface area (Å²) in [5.74, 6) is -0.0414. The third-order valence-corrected chi connectivity index (χ3v) is 4.09. The number of hydrogen-bond acceptors (Lipinski definition) is 6. The van der Waals surface area contributed by atoms with Crippen LogP contribution in [0.1, 0.15) is 0 Å². The molecule has 2 heterocycles. The van der Waals surface area contributed by atoms with Crippen LogP contribution in [0.15, 0.2) is 53.9 Å². The molecule has 0 radical (unpaired) electrons. The molecule has 0 N–H and O–H groups in total. The quantitative estimate of drug-likeness (QED) is 0.524. The molecular formula is C16H13FN4O2S. The Labute approximate surface area is 141 Å². The third kappa shape index (κ3) is 3.43. The van der Waals surface area contributed by atoms with E-state index in [4.69, 9.17) is 0 Å². The second-order valence-corrected chi connectivity index (χ2v) is 5.67. The standard InChI is InChI=1S/C16H13FN4O2S/c1-23-14(22)10-24-16-20-19-15(11-3-2-8-18-9-11)21(16)13-6-4-12(17)5-7-13/h2-9H,10H2,1H3. The van der Waals surface area contributed by atoms with Gasteiger partial charge < -0.3 is 4.74 Å². The van der Waals surface area contributed by atoms with E-state index in [0.717, 1.165) is 5.56 Å². The Balaban J connectivity index is 2.05. The number of aromatic nitrogens is 4. The van der Waals surface area contributed by atoms with Crippen molar-refractivity contribution < 1.29 is 13.9 Å². The number of carbonyl (C=O) groups is 1. The van der Waals surface area contributed by atoms with E-state index < -0.39 is 0 Å². The molecular weight excluding hydrogens is 331 g/mol. The summed E-state index contributed by atoms with van der Waals surface area (Å²) in [6.07, 6.45) is 3.33. The highest BCUT2D eigenvalue weighted by molar-refractivity contribution is 7.99. The maximum Gasteiger partial charge on any atom is 0.316 e. The van der Waals surface area contributed by atoms with Crippen LogP contribution in [0.5, 0.6) is 0 Å². The molecule has 8 heteroatoms. The van der Waals surface area contributed by atoms with Crippen molar-refractivity contribution in [1.29, 1.82) is 0 Å². The predicted octanol–water partition coefficient (Wildman–Crippen LogP) is 2.73. The molecule has 3 rings (SSSR count). The van der Waals surface area contributed by atoms with E-state index in [1.54, 1.807) is 35.2 Å². The highest BCUT2D eigenvalue weighted by Gasteiger charge is 2.17. The van der Waals surface area contributed by atoms with Gasteiger partial charge in [-0.3, -0.25) is 14.3 Å². The van der Waals surface area contributed by atoms with Crippen molar-refractivity contribution in [3.05, 3.63) is 54.6 Å². The Morgan fingerprint density at radius 2 is 2.04 bits per heavy atom. The maximum atomic E-state index is 13.2. The molecule has 0 spiro atoms. The molecule has 0 aliphatic carbocycles. The van der Waals surface area contributed by atoms with Crippen LogP contribution in [-0.2, 0) is 9.53 Å². The van der Waals surface area contributed by atoms with Gasteiger partial charge in [0.25, 0.3) is 0 Å². The number of nitrogens with zero attached hydrogens (tertiary/aromatic N) is 4. The molecule has 0 bridgehead atoms. The van der Waals surface area contributed by atoms with E-state index in [9.17, 15) is 9.18 Å². The number of thioether (sulfide) groups is 1. The summed E-state index contributed by atoms with van der Waals surface area (Å²) < 4.78 is 19.6. The second kappa shape index (κ2) is 7.22. The van der Waals surface area contributed by atoms with Crippen LogP contribution in [0.3, 0.4) is 0 Å². The van der Waals surface area contributed by atoms with E-state index in [-0.39, 0.29) is 17.5 Å². The van der Waals surface area contributed by atoms with Gasteiger partial charge in [0.15, 0.2) is 11.0 Å². The first kappa shape index (κ1) is 16.1. The Morgan fingerprint density at radius 3 is 2.71 bits per heavy atom. The molecule has 24 heavy (non-hydrogen) atoms. The number of pyridine rings is 1. The van der Waals surface area contributed by atoms with Crippen molar-refractivity contribution in [2.24, 2.45) is 0 Å². The SMILES string of the molecule is COC(=O)CSc1nnc(-c2cccnc2)n1-c1ccc(F)cc1. The van der Waals surface area contributed by atoms with Crippen LogP contribution in [0.25, 0.3) is 17.1 Å². The summed E-state index contributed by atoms with van der Waals surface area (Å²) in [5.41, 5.74) is 1.45. The zero-order valence-electron chi connectivity index (χ0n) is 12.7. The van der Waals surface area contributed by atoms with Crippen molar-refractivity contribution in [3.63, 3.8) is 0 Å². The van der Waals surface area contributed by atoms with E-state index in [0.29, 0.717) is 16.7 Å². The number of esters is 1. The summed E-state index contributed by atoms with van der Waals surface area (Å²) in [4.78, 5) is 15.5. The number of halogens is 1. The lowest BCUT2D eigenvalue weighted by Crippen LogP contribution is -2.05. The van der Waals surface area contributed by atoms with Gasteiger partial charge in [-0.05, 0) is 36.4 Å². The first-order valence-corrected chi connectivity index (χ1v) is 7.99. The molecule has 0 aliphatic heterocycles. The molecule has 0 atom stereocenters. The van der Waals surface area contributed by atoms with Gasteiger partial charge in [0, 0.05) is 23.6 Å². The van der Waals surface area contributed by atoms with Crippen LogP contribution < -0.4 is 0 Å². The van der Waals surface area contributed by atoms with E-state index in [1.807, 2.05) is 6.07 Å². The average molecular weight is 344 g/mol. The number of ether oxygens (including phenoxy) is 1. The van der Waals surface area contributed by atoms with Crippen LogP contribution >= 0.6 is 11.8 Å². The summed E-state index contributed by atoms with van der Waals surface area (Å²) in [6.45, 7) is 0. The smallest absolute Gasteiger partial charge is 0.316 e. The van der Waals surface area contributed by atoms with E-state index in [1.165, 1.54) is 31.0 Å². The van der Waals surface area contributed by atoms with Gasteiger partial charge in [-0.15, -0.1) is 10.2 Å². The lowest BCUT2D eigenvalue weighted by molar-refractivity contribution is -0.137. The number of rotatable bonds is 5. The second-order valence-electron chi connectivity index (χ2n) is 4.72. The molecule has 0 amide bonds. The first-order valence-electron chi connectivity index (χ1n) is 7.00. The predicted molar refractivity (Wildman–Crippen MR) is 87.3 cm³/mol.